The maximum atomic E-state index is 13.2. The second-order valence-corrected chi connectivity index (χ2v) is 8.38. The van der Waals surface area contributed by atoms with Crippen molar-refractivity contribution in [3.63, 3.8) is 0 Å². The van der Waals surface area contributed by atoms with Crippen molar-refractivity contribution in [2.45, 2.75) is 11.7 Å². The molecule has 0 fully saturated rings. The first-order valence-corrected chi connectivity index (χ1v) is 10.0. The molecular formula is C17H16FN5O2S2. The molecule has 140 valence electrons. The van der Waals surface area contributed by atoms with Crippen molar-refractivity contribution in [1.29, 1.82) is 0 Å². The maximum Gasteiger partial charge on any atom is 0.332 e. The Hall–Kier alpha value is -2.33. The topological polar surface area (TPSA) is 74.2 Å². The summed E-state index contributed by atoms with van der Waals surface area (Å²) in [4.78, 5) is 34.1. The fourth-order valence-corrected chi connectivity index (χ4v) is 4.84. The van der Waals surface area contributed by atoms with E-state index < -0.39 is 11.2 Å². The predicted molar refractivity (Wildman–Crippen MR) is 106 cm³/mol. The Morgan fingerprint density at radius 1 is 1.19 bits per heavy atom. The fourth-order valence-electron chi connectivity index (χ4n) is 2.88. The Labute approximate surface area is 161 Å². The molecule has 0 saturated carbocycles. The van der Waals surface area contributed by atoms with Gasteiger partial charge in [-0.25, -0.2) is 14.2 Å². The van der Waals surface area contributed by atoms with Gasteiger partial charge < -0.3 is 4.57 Å². The molecule has 0 unspecified atom stereocenters. The number of rotatable bonds is 3. The molecule has 3 aromatic rings. The number of hydrogen-bond donors (Lipinski definition) is 0. The lowest BCUT2D eigenvalue weighted by Crippen LogP contribution is -2.37. The Morgan fingerprint density at radius 3 is 2.59 bits per heavy atom. The number of imidazole rings is 1. The van der Waals surface area contributed by atoms with Crippen LogP contribution >= 0.6 is 23.5 Å². The van der Waals surface area contributed by atoms with Crippen LogP contribution in [0, 0.1) is 5.82 Å². The van der Waals surface area contributed by atoms with E-state index in [1.165, 1.54) is 35.5 Å². The SMILES string of the molecule is Cn1c(=O)c2c(nc(SC3=NCCS3)n2Cc2ccc(F)cc2)n(C)c1=O. The third-order valence-electron chi connectivity index (χ3n) is 4.30. The smallest absolute Gasteiger partial charge is 0.308 e. The minimum atomic E-state index is -0.428. The molecule has 3 heterocycles. The standard InChI is InChI=1S/C17H16FN5O2S2/c1-21-13-12(14(24)22(2)17(21)25)23(9-10-3-5-11(18)6-4-10)15(20-13)27-16-19-7-8-26-16/h3-6H,7-9H2,1-2H3. The summed E-state index contributed by atoms with van der Waals surface area (Å²) in [5.41, 5.74) is 0.666. The number of aromatic nitrogens is 4. The monoisotopic (exact) mass is 405 g/mol. The highest BCUT2D eigenvalue weighted by atomic mass is 32.2. The van der Waals surface area contributed by atoms with Crippen LogP contribution in [-0.2, 0) is 20.6 Å². The van der Waals surface area contributed by atoms with Crippen molar-refractivity contribution in [2.24, 2.45) is 19.1 Å². The van der Waals surface area contributed by atoms with Gasteiger partial charge in [-0.3, -0.25) is 18.9 Å². The number of fused-ring (bicyclic) bond motifs is 1. The van der Waals surface area contributed by atoms with Gasteiger partial charge in [-0.2, -0.15) is 0 Å². The average molecular weight is 405 g/mol. The minimum Gasteiger partial charge on any atom is -0.308 e. The molecule has 1 aromatic carbocycles. The molecular weight excluding hydrogens is 389 g/mol. The molecule has 7 nitrogen and oxygen atoms in total. The Morgan fingerprint density at radius 2 is 1.93 bits per heavy atom. The average Bonchev–Trinajstić information content (AvgIpc) is 3.29. The van der Waals surface area contributed by atoms with Crippen LogP contribution in [-0.4, -0.2) is 35.4 Å². The fraction of sp³-hybridized carbons (Fsp3) is 0.294. The second kappa shape index (κ2) is 7.01. The highest BCUT2D eigenvalue weighted by Gasteiger charge is 2.22. The molecule has 27 heavy (non-hydrogen) atoms. The third-order valence-corrected chi connectivity index (χ3v) is 6.47. The van der Waals surface area contributed by atoms with Gasteiger partial charge in [-0.15, -0.1) is 0 Å². The van der Waals surface area contributed by atoms with Crippen LogP contribution in [0.1, 0.15) is 5.56 Å². The molecule has 2 aromatic heterocycles. The summed E-state index contributed by atoms with van der Waals surface area (Å²) < 4.78 is 18.3. The number of aryl methyl sites for hydroxylation is 1. The van der Waals surface area contributed by atoms with Gasteiger partial charge in [-0.1, -0.05) is 23.9 Å². The first-order valence-electron chi connectivity index (χ1n) is 8.21. The van der Waals surface area contributed by atoms with E-state index in [4.69, 9.17) is 0 Å². The maximum absolute atomic E-state index is 13.2. The van der Waals surface area contributed by atoms with Gasteiger partial charge in [0.25, 0.3) is 5.56 Å². The second-order valence-electron chi connectivity index (χ2n) is 6.08. The van der Waals surface area contributed by atoms with E-state index in [1.54, 1.807) is 35.5 Å². The van der Waals surface area contributed by atoms with Gasteiger partial charge in [0, 0.05) is 19.8 Å². The van der Waals surface area contributed by atoms with Gasteiger partial charge in [0.05, 0.1) is 13.1 Å². The summed E-state index contributed by atoms with van der Waals surface area (Å²) in [5, 5.41) is 0.584. The van der Waals surface area contributed by atoms with Crippen molar-refractivity contribution in [3.8, 4) is 0 Å². The Kier molecular flexibility index (Phi) is 4.68. The lowest BCUT2D eigenvalue weighted by molar-refractivity contribution is 0.625. The zero-order chi connectivity index (χ0) is 19.1. The third kappa shape index (κ3) is 3.23. The summed E-state index contributed by atoms with van der Waals surface area (Å²) in [6, 6.07) is 6.10. The molecule has 0 aliphatic carbocycles. The van der Waals surface area contributed by atoms with E-state index in [0.717, 1.165) is 26.8 Å². The molecule has 1 aliphatic rings. The van der Waals surface area contributed by atoms with E-state index in [0.29, 0.717) is 22.9 Å². The molecule has 10 heteroatoms. The predicted octanol–water partition coefficient (Wildman–Crippen LogP) is 1.82. The van der Waals surface area contributed by atoms with Crippen molar-refractivity contribution in [3.05, 3.63) is 56.5 Å². The van der Waals surface area contributed by atoms with Crippen molar-refractivity contribution in [2.75, 3.05) is 12.3 Å². The van der Waals surface area contributed by atoms with Crippen LogP contribution in [0.15, 0.2) is 44.0 Å². The minimum absolute atomic E-state index is 0.321. The van der Waals surface area contributed by atoms with E-state index in [1.807, 2.05) is 0 Å². The highest BCUT2D eigenvalue weighted by molar-refractivity contribution is 8.39. The summed E-state index contributed by atoms with van der Waals surface area (Å²) in [6.45, 7) is 1.09. The molecule has 1 aliphatic heterocycles. The largest absolute Gasteiger partial charge is 0.332 e. The van der Waals surface area contributed by atoms with Crippen LogP contribution in [0.4, 0.5) is 4.39 Å². The molecule has 0 N–H and O–H groups in total. The van der Waals surface area contributed by atoms with Crippen molar-refractivity contribution in [1.82, 2.24) is 18.7 Å². The lowest BCUT2D eigenvalue weighted by atomic mass is 10.2. The number of hydrogen-bond acceptors (Lipinski definition) is 6. The summed E-state index contributed by atoms with van der Waals surface area (Å²) in [5.74, 6) is 0.597. The molecule has 0 amide bonds. The zero-order valence-corrected chi connectivity index (χ0v) is 16.3. The van der Waals surface area contributed by atoms with E-state index in [-0.39, 0.29) is 5.82 Å². The normalized spacial score (nSPS) is 14.1. The Bertz CT molecular complexity index is 1180. The Balaban J connectivity index is 1.92. The molecule has 0 bridgehead atoms. The molecule has 4 rings (SSSR count). The van der Waals surface area contributed by atoms with E-state index in [2.05, 4.69) is 9.98 Å². The molecule has 0 spiro atoms. The zero-order valence-electron chi connectivity index (χ0n) is 14.7. The van der Waals surface area contributed by atoms with E-state index in [9.17, 15) is 14.0 Å². The molecule has 0 saturated heterocycles. The lowest BCUT2D eigenvalue weighted by Gasteiger charge is -2.09. The van der Waals surface area contributed by atoms with E-state index >= 15 is 0 Å². The first kappa shape index (κ1) is 18.1. The van der Waals surface area contributed by atoms with Gasteiger partial charge >= 0.3 is 5.69 Å². The number of thioether (sulfide) groups is 2. The van der Waals surface area contributed by atoms with Gasteiger partial charge in [0.15, 0.2) is 16.3 Å². The molecule has 0 atom stereocenters. The highest BCUT2D eigenvalue weighted by Crippen LogP contribution is 2.30. The first-order chi connectivity index (χ1) is 13.0. The molecule has 0 radical (unpaired) electrons. The quantitative estimate of drug-likeness (QED) is 0.665. The summed E-state index contributed by atoms with van der Waals surface area (Å²) in [7, 11) is 3.04. The van der Waals surface area contributed by atoms with Crippen LogP contribution in [0.5, 0.6) is 0 Å². The summed E-state index contributed by atoms with van der Waals surface area (Å²) in [6.07, 6.45) is 0. The number of nitrogens with zero attached hydrogens (tertiary/aromatic N) is 5. The van der Waals surface area contributed by atoms with Crippen LogP contribution in [0.25, 0.3) is 11.2 Å². The van der Waals surface area contributed by atoms with Gasteiger partial charge in [0.1, 0.15) is 10.2 Å². The number of benzene rings is 1. The van der Waals surface area contributed by atoms with Crippen molar-refractivity contribution >= 4 is 39.1 Å². The van der Waals surface area contributed by atoms with Crippen LogP contribution in [0.2, 0.25) is 0 Å². The summed E-state index contributed by atoms with van der Waals surface area (Å²) >= 11 is 3.02. The van der Waals surface area contributed by atoms with Crippen LogP contribution in [0.3, 0.4) is 0 Å². The van der Waals surface area contributed by atoms with Crippen LogP contribution < -0.4 is 11.2 Å². The van der Waals surface area contributed by atoms with Gasteiger partial charge in [-0.05, 0) is 29.5 Å². The van der Waals surface area contributed by atoms with Gasteiger partial charge in [0.2, 0.25) is 0 Å². The van der Waals surface area contributed by atoms with Crippen molar-refractivity contribution < 1.29 is 4.39 Å². The number of halogens is 1. The number of aliphatic imine (C=N–C) groups is 1.